The maximum atomic E-state index is 12.8. The third kappa shape index (κ3) is 4.99. The summed E-state index contributed by atoms with van der Waals surface area (Å²) in [6.45, 7) is -1.41. The largest absolute Gasteiger partial charge is 0.433 e. The standard InChI is InChI=1S/C17H16ClF5N4O/c18-14-11(17(21,22)23)8-25-16(27-14)26-12-2-1-10(7-13(12)28-15(19)20)9-3-5-24-6-4-9/h1-2,7-9,15,24H,3-6H2,(H,25,26,27). The first kappa shape index (κ1) is 20.5. The van der Waals surface area contributed by atoms with E-state index in [9.17, 15) is 22.0 Å². The van der Waals surface area contributed by atoms with Gasteiger partial charge in [-0.15, -0.1) is 0 Å². The Morgan fingerprint density at radius 1 is 1.21 bits per heavy atom. The van der Waals surface area contributed by atoms with Crippen molar-refractivity contribution in [2.45, 2.75) is 31.5 Å². The molecule has 1 aromatic heterocycles. The lowest BCUT2D eigenvalue weighted by Crippen LogP contribution is -2.26. The molecule has 0 radical (unpaired) electrons. The smallest absolute Gasteiger partial charge is 0.420 e. The fourth-order valence-corrected chi connectivity index (χ4v) is 3.21. The molecule has 11 heteroatoms. The number of nitrogens with zero attached hydrogens (tertiary/aromatic N) is 2. The van der Waals surface area contributed by atoms with Crippen LogP contribution in [0, 0.1) is 0 Å². The molecule has 2 aromatic rings. The van der Waals surface area contributed by atoms with Gasteiger partial charge in [0.25, 0.3) is 0 Å². The van der Waals surface area contributed by atoms with Gasteiger partial charge in [-0.25, -0.2) is 9.97 Å². The summed E-state index contributed by atoms with van der Waals surface area (Å²) < 4.78 is 68.5. The van der Waals surface area contributed by atoms with Gasteiger partial charge in [-0.1, -0.05) is 17.7 Å². The topological polar surface area (TPSA) is 59.1 Å². The molecular formula is C17H16ClF5N4O. The molecule has 2 N–H and O–H groups in total. The molecule has 0 unspecified atom stereocenters. The van der Waals surface area contributed by atoms with E-state index in [0.29, 0.717) is 6.20 Å². The van der Waals surface area contributed by atoms with Crippen LogP contribution in [0.4, 0.5) is 33.6 Å². The molecule has 1 aliphatic heterocycles. The molecule has 2 heterocycles. The second-order valence-electron chi connectivity index (χ2n) is 6.18. The molecule has 0 bridgehead atoms. The maximum absolute atomic E-state index is 12.8. The average molecular weight is 423 g/mol. The third-order valence-corrected chi connectivity index (χ3v) is 4.61. The van der Waals surface area contributed by atoms with Crippen LogP contribution in [0.15, 0.2) is 24.4 Å². The minimum atomic E-state index is -4.70. The van der Waals surface area contributed by atoms with E-state index in [1.54, 1.807) is 6.07 Å². The Morgan fingerprint density at radius 3 is 2.54 bits per heavy atom. The molecule has 152 valence electrons. The van der Waals surface area contributed by atoms with E-state index in [-0.39, 0.29) is 23.3 Å². The number of anilines is 2. The van der Waals surface area contributed by atoms with Crippen LogP contribution in [0.3, 0.4) is 0 Å². The average Bonchev–Trinajstić information content (AvgIpc) is 2.62. The van der Waals surface area contributed by atoms with Gasteiger partial charge in [0.2, 0.25) is 5.95 Å². The van der Waals surface area contributed by atoms with Crippen LogP contribution in [-0.4, -0.2) is 29.7 Å². The summed E-state index contributed by atoms with van der Waals surface area (Å²) in [7, 11) is 0. The van der Waals surface area contributed by atoms with Crippen molar-refractivity contribution >= 4 is 23.2 Å². The number of hydrogen-bond donors (Lipinski definition) is 2. The molecule has 0 amide bonds. The molecule has 0 spiro atoms. The summed E-state index contributed by atoms with van der Waals surface area (Å²) in [5.41, 5.74) is -0.257. The molecule has 1 aromatic carbocycles. The highest BCUT2D eigenvalue weighted by atomic mass is 35.5. The Balaban J connectivity index is 1.87. The zero-order chi connectivity index (χ0) is 20.3. The van der Waals surface area contributed by atoms with Gasteiger partial charge >= 0.3 is 12.8 Å². The first-order valence-electron chi connectivity index (χ1n) is 8.40. The lowest BCUT2D eigenvalue weighted by molar-refractivity contribution is -0.137. The van der Waals surface area contributed by atoms with Crippen molar-refractivity contribution in [2.75, 3.05) is 18.4 Å². The zero-order valence-electron chi connectivity index (χ0n) is 14.4. The van der Waals surface area contributed by atoms with Gasteiger partial charge in [-0.3, -0.25) is 0 Å². The number of piperidine rings is 1. The Labute approximate surface area is 162 Å². The SMILES string of the molecule is FC(F)Oc1cc(C2CCNCC2)ccc1Nc1ncc(C(F)(F)F)c(Cl)n1. The molecule has 3 rings (SSSR count). The third-order valence-electron chi connectivity index (χ3n) is 4.33. The van der Waals surface area contributed by atoms with E-state index < -0.39 is 23.5 Å². The maximum Gasteiger partial charge on any atom is 0.420 e. The van der Waals surface area contributed by atoms with Gasteiger partial charge in [-0.05, 0) is 49.5 Å². The summed E-state index contributed by atoms with van der Waals surface area (Å²) in [6.07, 6.45) is -2.46. The van der Waals surface area contributed by atoms with Crippen molar-refractivity contribution in [2.24, 2.45) is 0 Å². The van der Waals surface area contributed by atoms with E-state index in [1.165, 1.54) is 12.1 Å². The van der Waals surface area contributed by atoms with Gasteiger partial charge in [0.05, 0.1) is 5.69 Å². The highest BCUT2D eigenvalue weighted by Crippen LogP contribution is 2.36. The Kier molecular flexibility index (Phi) is 6.19. The molecule has 1 aliphatic rings. The molecule has 0 saturated carbocycles. The van der Waals surface area contributed by atoms with Gasteiger partial charge in [-0.2, -0.15) is 22.0 Å². The predicted octanol–water partition coefficient (Wildman–Crippen LogP) is 4.96. The van der Waals surface area contributed by atoms with E-state index in [1.807, 2.05) is 0 Å². The first-order chi connectivity index (χ1) is 13.2. The summed E-state index contributed by atoms with van der Waals surface area (Å²) in [5, 5.41) is 5.01. The molecule has 0 atom stereocenters. The fraction of sp³-hybridized carbons (Fsp3) is 0.412. The summed E-state index contributed by atoms with van der Waals surface area (Å²) in [4.78, 5) is 7.10. The van der Waals surface area contributed by atoms with Crippen molar-refractivity contribution in [3.63, 3.8) is 0 Å². The van der Waals surface area contributed by atoms with Crippen molar-refractivity contribution < 1.29 is 26.7 Å². The van der Waals surface area contributed by atoms with Gasteiger partial charge in [0, 0.05) is 6.20 Å². The molecule has 28 heavy (non-hydrogen) atoms. The van der Waals surface area contributed by atoms with Crippen LogP contribution in [0.1, 0.15) is 29.9 Å². The number of alkyl halides is 5. The van der Waals surface area contributed by atoms with E-state index in [0.717, 1.165) is 31.5 Å². The quantitative estimate of drug-likeness (QED) is 0.527. The van der Waals surface area contributed by atoms with Crippen molar-refractivity contribution in [3.05, 3.63) is 40.7 Å². The van der Waals surface area contributed by atoms with E-state index >= 15 is 0 Å². The minimum Gasteiger partial charge on any atom is -0.433 e. The highest BCUT2D eigenvalue weighted by molar-refractivity contribution is 6.30. The van der Waals surface area contributed by atoms with Crippen molar-refractivity contribution in [3.8, 4) is 5.75 Å². The molecule has 0 aliphatic carbocycles. The van der Waals surface area contributed by atoms with Crippen molar-refractivity contribution in [1.29, 1.82) is 0 Å². The molecule has 5 nitrogen and oxygen atoms in total. The first-order valence-corrected chi connectivity index (χ1v) is 8.78. The second-order valence-corrected chi connectivity index (χ2v) is 6.54. The van der Waals surface area contributed by atoms with Crippen LogP contribution in [0.5, 0.6) is 5.75 Å². The monoisotopic (exact) mass is 422 g/mol. The number of ether oxygens (including phenoxy) is 1. The lowest BCUT2D eigenvalue weighted by Gasteiger charge is -2.24. The van der Waals surface area contributed by atoms with Crippen LogP contribution >= 0.6 is 11.6 Å². The van der Waals surface area contributed by atoms with Gasteiger partial charge in [0.1, 0.15) is 16.5 Å². The summed E-state index contributed by atoms with van der Waals surface area (Å²) in [5.74, 6) is -0.218. The number of benzene rings is 1. The predicted molar refractivity (Wildman–Crippen MR) is 93.2 cm³/mol. The fourth-order valence-electron chi connectivity index (χ4n) is 2.98. The van der Waals surface area contributed by atoms with Crippen LogP contribution in [0.25, 0.3) is 0 Å². The number of nitrogens with one attached hydrogen (secondary N) is 2. The van der Waals surface area contributed by atoms with E-state index in [4.69, 9.17) is 11.6 Å². The van der Waals surface area contributed by atoms with E-state index in [2.05, 4.69) is 25.3 Å². The normalized spacial score (nSPS) is 15.7. The Bertz CT molecular complexity index is 828. The zero-order valence-corrected chi connectivity index (χ0v) is 15.1. The number of rotatable bonds is 5. The molecular weight excluding hydrogens is 407 g/mol. The summed E-state index contributed by atoms with van der Waals surface area (Å²) >= 11 is 5.56. The summed E-state index contributed by atoms with van der Waals surface area (Å²) in [6, 6.07) is 4.75. The Hall–Kier alpha value is -2.20. The van der Waals surface area contributed by atoms with Crippen LogP contribution in [-0.2, 0) is 6.18 Å². The second kappa shape index (κ2) is 8.44. The molecule has 1 fully saturated rings. The molecule has 1 saturated heterocycles. The van der Waals surface area contributed by atoms with Crippen LogP contribution in [0.2, 0.25) is 5.15 Å². The number of aromatic nitrogens is 2. The minimum absolute atomic E-state index is 0.0915. The van der Waals surface area contributed by atoms with Gasteiger partial charge in [0.15, 0.2) is 0 Å². The number of hydrogen-bond acceptors (Lipinski definition) is 5. The van der Waals surface area contributed by atoms with Crippen LogP contribution < -0.4 is 15.4 Å². The highest BCUT2D eigenvalue weighted by Gasteiger charge is 2.34. The Morgan fingerprint density at radius 2 is 1.93 bits per heavy atom. The van der Waals surface area contributed by atoms with Crippen molar-refractivity contribution in [1.82, 2.24) is 15.3 Å². The lowest BCUT2D eigenvalue weighted by atomic mass is 9.90. The number of halogens is 6. The van der Waals surface area contributed by atoms with Gasteiger partial charge < -0.3 is 15.4 Å².